The third-order valence-corrected chi connectivity index (χ3v) is 3.43. The molecule has 0 heterocycles. The van der Waals surface area contributed by atoms with Crippen molar-refractivity contribution in [2.24, 2.45) is 5.73 Å². The SMILES string of the molecule is COc1cc2c(c(OC)c1OC)CC[C@H]2CN. The Morgan fingerprint density at radius 1 is 1.18 bits per heavy atom. The summed E-state index contributed by atoms with van der Waals surface area (Å²) in [5.74, 6) is 2.58. The van der Waals surface area contributed by atoms with Crippen LogP contribution in [0, 0.1) is 0 Å². The molecular formula is C13H19NO3. The lowest BCUT2D eigenvalue weighted by molar-refractivity contribution is 0.322. The summed E-state index contributed by atoms with van der Waals surface area (Å²) in [4.78, 5) is 0. The molecule has 0 aliphatic heterocycles. The van der Waals surface area contributed by atoms with E-state index in [0.29, 0.717) is 24.0 Å². The van der Waals surface area contributed by atoms with Crippen molar-refractivity contribution in [3.05, 3.63) is 17.2 Å². The highest BCUT2D eigenvalue weighted by atomic mass is 16.5. The number of rotatable bonds is 4. The molecule has 0 saturated heterocycles. The van der Waals surface area contributed by atoms with E-state index in [4.69, 9.17) is 19.9 Å². The lowest BCUT2D eigenvalue weighted by Gasteiger charge is -2.17. The maximum atomic E-state index is 5.79. The predicted octanol–water partition coefficient (Wildman–Crippen LogP) is 1.70. The molecule has 0 saturated carbocycles. The van der Waals surface area contributed by atoms with E-state index in [-0.39, 0.29) is 0 Å². The summed E-state index contributed by atoms with van der Waals surface area (Å²) in [5.41, 5.74) is 8.24. The average molecular weight is 237 g/mol. The van der Waals surface area contributed by atoms with Gasteiger partial charge in [-0.25, -0.2) is 0 Å². The molecule has 4 heteroatoms. The van der Waals surface area contributed by atoms with E-state index in [1.165, 1.54) is 11.1 Å². The molecule has 1 aliphatic rings. The average Bonchev–Trinajstić information content (AvgIpc) is 2.78. The molecule has 0 amide bonds. The largest absolute Gasteiger partial charge is 0.493 e. The molecule has 94 valence electrons. The fourth-order valence-corrected chi connectivity index (χ4v) is 2.58. The zero-order chi connectivity index (χ0) is 12.4. The van der Waals surface area contributed by atoms with Crippen LogP contribution in [0.2, 0.25) is 0 Å². The van der Waals surface area contributed by atoms with Gasteiger partial charge in [-0.15, -0.1) is 0 Å². The van der Waals surface area contributed by atoms with Gasteiger partial charge in [0.05, 0.1) is 21.3 Å². The van der Waals surface area contributed by atoms with Crippen LogP contribution in [0.15, 0.2) is 6.07 Å². The van der Waals surface area contributed by atoms with Crippen molar-refractivity contribution in [2.45, 2.75) is 18.8 Å². The van der Waals surface area contributed by atoms with E-state index in [1.54, 1.807) is 21.3 Å². The van der Waals surface area contributed by atoms with Gasteiger partial charge in [0.15, 0.2) is 11.5 Å². The fourth-order valence-electron chi connectivity index (χ4n) is 2.58. The third kappa shape index (κ3) is 1.82. The standard InChI is InChI=1S/C13H19NO3/c1-15-11-6-10-8(7-14)4-5-9(10)12(16-2)13(11)17-3/h6,8H,4-5,7,14H2,1-3H3/t8-/m0/s1. The molecule has 1 aromatic rings. The van der Waals surface area contributed by atoms with Gasteiger partial charge in [0.25, 0.3) is 0 Å². The van der Waals surface area contributed by atoms with Crippen molar-refractivity contribution in [3.8, 4) is 17.2 Å². The van der Waals surface area contributed by atoms with E-state index in [1.807, 2.05) is 6.07 Å². The Bertz CT molecular complexity index is 418. The second kappa shape index (κ2) is 4.84. The van der Waals surface area contributed by atoms with Crippen molar-refractivity contribution in [1.29, 1.82) is 0 Å². The second-order valence-electron chi connectivity index (χ2n) is 4.18. The lowest BCUT2D eigenvalue weighted by Crippen LogP contribution is -2.09. The van der Waals surface area contributed by atoms with Gasteiger partial charge in [0.2, 0.25) is 5.75 Å². The number of hydrogen-bond donors (Lipinski definition) is 1. The molecule has 17 heavy (non-hydrogen) atoms. The van der Waals surface area contributed by atoms with Gasteiger partial charge in [-0.05, 0) is 36.9 Å². The Labute approximate surface area is 102 Å². The molecule has 0 bridgehead atoms. The Morgan fingerprint density at radius 3 is 2.41 bits per heavy atom. The van der Waals surface area contributed by atoms with Crippen LogP contribution in [0.3, 0.4) is 0 Å². The van der Waals surface area contributed by atoms with Crippen LogP contribution in [0.4, 0.5) is 0 Å². The van der Waals surface area contributed by atoms with Crippen LogP contribution in [0.5, 0.6) is 17.2 Å². The Hall–Kier alpha value is -1.42. The zero-order valence-corrected chi connectivity index (χ0v) is 10.6. The molecule has 2 N–H and O–H groups in total. The maximum Gasteiger partial charge on any atom is 0.203 e. The second-order valence-corrected chi connectivity index (χ2v) is 4.18. The summed E-state index contributed by atoms with van der Waals surface area (Å²) in [7, 11) is 4.92. The van der Waals surface area contributed by atoms with Gasteiger partial charge >= 0.3 is 0 Å². The van der Waals surface area contributed by atoms with Gasteiger partial charge in [-0.2, -0.15) is 0 Å². The molecule has 2 rings (SSSR count). The van der Waals surface area contributed by atoms with Crippen LogP contribution >= 0.6 is 0 Å². The Balaban J connectivity index is 2.60. The highest BCUT2D eigenvalue weighted by Gasteiger charge is 2.29. The predicted molar refractivity (Wildman–Crippen MR) is 66.2 cm³/mol. The van der Waals surface area contributed by atoms with E-state index in [2.05, 4.69) is 0 Å². The third-order valence-electron chi connectivity index (χ3n) is 3.43. The number of methoxy groups -OCH3 is 3. The summed E-state index contributed by atoms with van der Waals surface area (Å²) in [6.45, 7) is 0.658. The normalized spacial score (nSPS) is 17.8. The lowest BCUT2D eigenvalue weighted by atomic mass is 10.0. The highest BCUT2D eigenvalue weighted by molar-refractivity contribution is 5.61. The topological polar surface area (TPSA) is 53.7 Å². The van der Waals surface area contributed by atoms with Crippen molar-refractivity contribution < 1.29 is 14.2 Å². The molecule has 0 spiro atoms. The van der Waals surface area contributed by atoms with Crippen LogP contribution < -0.4 is 19.9 Å². The van der Waals surface area contributed by atoms with E-state index < -0.39 is 0 Å². The number of fused-ring (bicyclic) bond motifs is 1. The fraction of sp³-hybridized carbons (Fsp3) is 0.538. The zero-order valence-electron chi connectivity index (χ0n) is 10.6. The van der Waals surface area contributed by atoms with E-state index in [9.17, 15) is 0 Å². The summed E-state index contributed by atoms with van der Waals surface area (Å²) in [6.07, 6.45) is 2.05. The van der Waals surface area contributed by atoms with E-state index in [0.717, 1.165) is 18.6 Å². The first-order chi connectivity index (χ1) is 8.26. The van der Waals surface area contributed by atoms with Crippen LogP contribution in [0.1, 0.15) is 23.5 Å². The minimum absolute atomic E-state index is 0.402. The van der Waals surface area contributed by atoms with Crippen molar-refractivity contribution in [1.82, 2.24) is 0 Å². The molecule has 1 aromatic carbocycles. The van der Waals surface area contributed by atoms with Gasteiger partial charge in [-0.3, -0.25) is 0 Å². The summed E-state index contributed by atoms with van der Waals surface area (Å²) in [5, 5.41) is 0. The number of nitrogens with two attached hydrogens (primary N) is 1. The van der Waals surface area contributed by atoms with Crippen molar-refractivity contribution in [2.75, 3.05) is 27.9 Å². The molecule has 1 aliphatic carbocycles. The maximum absolute atomic E-state index is 5.79. The first-order valence-electron chi connectivity index (χ1n) is 5.78. The quantitative estimate of drug-likeness (QED) is 0.866. The molecule has 4 nitrogen and oxygen atoms in total. The van der Waals surface area contributed by atoms with Gasteiger partial charge in [0.1, 0.15) is 0 Å². The van der Waals surface area contributed by atoms with Gasteiger partial charge in [-0.1, -0.05) is 0 Å². The summed E-state index contributed by atoms with van der Waals surface area (Å²) < 4.78 is 16.2. The van der Waals surface area contributed by atoms with Crippen LogP contribution in [-0.4, -0.2) is 27.9 Å². The van der Waals surface area contributed by atoms with Gasteiger partial charge < -0.3 is 19.9 Å². The monoisotopic (exact) mass is 237 g/mol. The molecule has 0 aromatic heterocycles. The van der Waals surface area contributed by atoms with E-state index >= 15 is 0 Å². The van der Waals surface area contributed by atoms with Crippen molar-refractivity contribution >= 4 is 0 Å². The molecule has 0 unspecified atom stereocenters. The minimum Gasteiger partial charge on any atom is -0.493 e. The minimum atomic E-state index is 0.402. The Morgan fingerprint density at radius 2 is 1.88 bits per heavy atom. The highest BCUT2D eigenvalue weighted by Crippen LogP contribution is 2.48. The molecule has 1 atom stereocenters. The number of ether oxygens (including phenoxy) is 3. The number of benzene rings is 1. The Kier molecular flexibility index (Phi) is 3.43. The van der Waals surface area contributed by atoms with Crippen LogP contribution in [-0.2, 0) is 6.42 Å². The number of hydrogen-bond acceptors (Lipinski definition) is 4. The van der Waals surface area contributed by atoms with Crippen LogP contribution in [0.25, 0.3) is 0 Å². The molecule has 0 radical (unpaired) electrons. The smallest absolute Gasteiger partial charge is 0.203 e. The van der Waals surface area contributed by atoms with Gasteiger partial charge in [0, 0.05) is 5.56 Å². The first-order valence-corrected chi connectivity index (χ1v) is 5.78. The summed E-state index contributed by atoms with van der Waals surface area (Å²) >= 11 is 0. The molecule has 0 fully saturated rings. The molecular weight excluding hydrogens is 218 g/mol. The summed E-state index contributed by atoms with van der Waals surface area (Å²) in [6, 6.07) is 2.03. The van der Waals surface area contributed by atoms with Crippen molar-refractivity contribution in [3.63, 3.8) is 0 Å². The first kappa shape index (κ1) is 12.0.